The quantitative estimate of drug-likeness (QED) is 0.899. The molecule has 1 unspecified atom stereocenters. The standard InChI is InChI=1S/C15H23N3O2/c1-2-11(1)15-13-3-5-18(6-4-14(13)16-17-15)9-12-10-19-7-8-20-12/h11-12H,1-10H2,(H,16,17). The topological polar surface area (TPSA) is 50.4 Å². The lowest BCUT2D eigenvalue weighted by Gasteiger charge is -2.29. The van der Waals surface area contributed by atoms with Gasteiger partial charge in [0.15, 0.2) is 0 Å². The van der Waals surface area contributed by atoms with Crippen molar-refractivity contribution in [3.63, 3.8) is 0 Å². The fourth-order valence-electron chi connectivity index (χ4n) is 3.36. The minimum absolute atomic E-state index is 0.251. The second-order valence-electron chi connectivity index (χ2n) is 6.21. The van der Waals surface area contributed by atoms with Gasteiger partial charge in [-0.3, -0.25) is 10.00 Å². The fourth-order valence-corrected chi connectivity index (χ4v) is 3.36. The summed E-state index contributed by atoms with van der Waals surface area (Å²) in [6.45, 7) is 5.45. The Morgan fingerprint density at radius 1 is 1.20 bits per heavy atom. The monoisotopic (exact) mass is 277 g/mol. The third-order valence-electron chi connectivity index (χ3n) is 4.65. The second-order valence-corrected chi connectivity index (χ2v) is 6.21. The molecule has 5 heteroatoms. The van der Waals surface area contributed by atoms with E-state index in [1.165, 1.54) is 29.8 Å². The van der Waals surface area contributed by atoms with Crippen LogP contribution in [0.15, 0.2) is 0 Å². The second kappa shape index (κ2) is 5.47. The molecule has 0 radical (unpaired) electrons. The molecule has 1 saturated heterocycles. The maximum absolute atomic E-state index is 5.77. The van der Waals surface area contributed by atoms with E-state index in [4.69, 9.17) is 9.47 Å². The molecule has 3 aliphatic rings. The minimum atomic E-state index is 0.251. The van der Waals surface area contributed by atoms with Crippen molar-refractivity contribution >= 4 is 0 Å². The normalized spacial score (nSPS) is 28.1. The Hall–Kier alpha value is -0.910. The smallest absolute Gasteiger partial charge is 0.0936 e. The third-order valence-corrected chi connectivity index (χ3v) is 4.65. The van der Waals surface area contributed by atoms with Crippen LogP contribution in [0.2, 0.25) is 0 Å². The number of ether oxygens (including phenoxy) is 2. The summed E-state index contributed by atoms with van der Waals surface area (Å²) in [5.41, 5.74) is 4.24. The number of nitrogens with one attached hydrogen (secondary N) is 1. The molecule has 4 rings (SSSR count). The molecule has 1 aliphatic carbocycles. The molecule has 0 aromatic carbocycles. The van der Waals surface area contributed by atoms with Gasteiger partial charge in [-0.05, 0) is 24.8 Å². The third kappa shape index (κ3) is 2.62. The van der Waals surface area contributed by atoms with Crippen LogP contribution >= 0.6 is 0 Å². The lowest BCUT2D eigenvalue weighted by molar-refractivity contribution is -0.0972. The predicted molar refractivity (Wildman–Crippen MR) is 75.0 cm³/mol. The van der Waals surface area contributed by atoms with E-state index in [9.17, 15) is 0 Å². The van der Waals surface area contributed by atoms with Crippen molar-refractivity contribution in [1.82, 2.24) is 15.1 Å². The Labute approximate surface area is 119 Å². The average Bonchev–Trinajstić information content (AvgIpc) is 3.27. The molecule has 3 heterocycles. The van der Waals surface area contributed by atoms with Gasteiger partial charge in [-0.2, -0.15) is 5.10 Å². The lowest BCUT2D eigenvalue weighted by Crippen LogP contribution is -2.41. The van der Waals surface area contributed by atoms with Crippen LogP contribution in [-0.4, -0.2) is 60.7 Å². The fraction of sp³-hybridized carbons (Fsp3) is 0.800. The summed E-state index contributed by atoms with van der Waals surface area (Å²) in [6.07, 6.45) is 5.12. The molecule has 0 bridgehead atoms. The van der Waals surface area contributed by atoms with Gasteiger partial charge in [-0.25, -0.2) is 0 Å². The summed E-state index contributed by atoms with van der Waals surface area (Å²) < 4.78 is 11.3. The lowest BCUT2D eigenvalue weighted by atomic mass is 10.1. The van der Waals surface area contributed by atoms with Crippen LogP contribution in [0, 0.1) is 0 Å². The van der Waals surface area contributed by atoms with E-state index >= 15 is 0 Å². The number of hydrogen-bond donors (Lipinski definition) is 1. The van der Waals surface area contributed by atoms with Crippen LogP contribution < -0.4 is 0 Å². The molecule has 20 heavy (non-hydrogen) atoms. The molecular weight excluding hydrogens is 254 g/mol. The van der Waals surface area contributed by atoms with E-state index in [0.717, 1.165) is 58.2 Å². The van der Waals surface area contributed by atoms with Crippen LogP contribution in [0.3, 0.4) is 0 Å². The van der Waals surface area contributed by atoms with Gasteiger partial charge in [-0.15, -0.1) is 0 Å². The van der Waals surface area contributed by atoms with Crippen molar-refractivity contribution in [1.29, 1.82) is 0 Å². The van der Waals surface area contributed by atoms with Gasteiger partial charge in [0, 0.05) is 37.7 Å². The van der Waals surface area contributed by atoms with Gasteiger partial charge in [0.1, 0.15) is 0 Å². The number of hydrogen-bond acceptors (Lipinski definition) is 4. The van der Waals surface area contributed by atoms with Gasteiger partial charge in [-0.1, -0.05) is 0 Å². The number of rotatable bonds is 3. The zero-order valence-corrected chi connectivity index (χ0v) is 11.9. The summed E-state index contributed by atoms with van der Waals surface area (Å²) in [5, 5.41) is 7.83. The molecule has 2 fully saturated rings. The van der Waals surface area contributed by atoms with Gasteiger partial charge in [0.05, 0.1) is 31.6 Å². The average molecular weight is 277 g/mol. The van der Waals surface area contributed by atoms with Crippen LogP contribution in [0.25, 0.3) is 0 Å². The molecule has 1 aromatic rings. The summed E-state index contributed by atoms with van der Waals surface area (Å²) in [4.78, 5) is 2.52. The van der Waals surface area contributed by atoms with Gasteiger partial charge in [0.2, 0.25) is 0 Å². The van der Waals surface area contributed by atoms with Crippen LogP contribution in [-0.2, 0) is 22.3 Å². The summed E-state index contributed by atoms with van der Waals surface area (Å²) in [6, 6.07) is 0. The summed E-state index contributed by atoms with van der Waals surface area (Å²) in [5.74, 6) is 0.747. The Morgan fingerprint density at radius 3 is 2.90 bits per heavy atom. The van der Waals surface area contributed by atoms with Crippen molar-refractivity contribution < 1.29 is 9.47 Å². The minimum Gasteiger partial charge on any atom is -0.376 e. The first-order valence-electron chi connectivity index (χ1n) is 7.88. The first kappa shape index (κ1) is 12.8. The predicted octanol–water partition coefficient (Wildman–Crippen LogP) is 1.10. The van der Waals surface area contributed by atoms with E-state index in [-0.39, 0.29) is 6.10 Å². The SMILES string of the molecule is C1COC(CN2CCc3[nH]nc(C4CC4)c3CC2)CO1. The van der Waals surface area contributed by atoms with Crippen molar-refractivity contribution in [2.75, 3.05) is 39.5 Å². The Balaban J connectivity index is 1.39. The summed E-state index contributed by atoms with van der Waals surface area (Å²) >= 11 is 0. The van der Waals surface area contributed by atoms with Crippen molar-refractivity contribution in [3.8, 4) is 0 Å². The molecule has 110 valence electrons. The number of nitrogens with zero attached hydrogens (tertiary/aromatic N) is 2. The highest BCUT2D eigenvalue weighted by Crippen LogP contribution is 2.41. The van der Waals surface area contributed by atoms with Crippen LogP contribution in [0.5, 0.6) is 0 Å². The highest BCUT2D eigenvalue weighted by atomic mass is 16.6. The summed E-state index contributed by atoms with van der Waals surface area (Å²) in [7, 11) is 0. The molecule has 0 amide bonds. The van der Waals surface area contributed by atoms with E-state index in [2.05, 4.69) is 15.1 Å². The zero-order chi connectivity index (χ0) is 13.4. The van der Waals surface area contributed by atoms with Crippen molar-refractivity contribution in [2.45, 2.75) is 37.7 Å². The van der Waals surface area contributed by atoms with E-state index in [0.29, 0.717) is 0 Å². The van der Waals surface area contributed by atoms with E-state index < -0.39 is 0 Å². The van der Waals surface area contributed by atoms with E-state index in [1.807, 2.05) is 0 Å². The molecule has 5 nitrogen and oxygen atoms in total. The van der Waals surface area contributed by atoms with Crippen molar-refractivity contribution in [3.05, 3.63) is 17.0 Å². The first-order chi connectivity index (χ1) is 9.90. The number of H-pyrrole nitrogens is 1. The Bertz CT molecular complexity index is 464. The first-order valence-corrected chi connectivity index (χ1v) is 7.88. The molecule has 1 aromatic heterocycles. The van der Waals surface area contributed by atoms with Gasteiger partial charge >= 0.3 is 0 Å². The molecule has 2 aliphatic heterocycles. The number of aromatic amines is 1. The van der Waals surface area contributed by atoms with Crippen LogP contribution in [0.4, 0.5) is 0 Å². The molecular formula is C15H23N3O2. The van der Waals surface area contributed by atoms with E-state index in [1.54, 1.807) is 0 Å². The maximum atomic E-state index is 5.77. The molecule has 1 saturated carbocycles. The Morgan fingerprint density at radius 2 is 2.10 bits per heavy atom. The zero-order valence-electron chi connectivity index (χ0n) is 11.9. The van der Waals surface area contributed by atoms with Crippen molar-refractivity contribution in [2.24, 2.45) is 0 Å². The highest BCUT2D eigenvalue weighted by Gasteiger charge is 2.31. The number of fused-ring (bicyclic) bond motifs is 1. The largest absolute Gasteiger partial charge is 0.376 e. The van der Waals surface area contributed by atoms with Gasteiger partial charge < -0.3 is 9.47 Å². The maximum Gasteiger partial charge on any atom is 0.0936 e. The molecule has 1 N–H and O–H groups in total. The van der Waals surface area contributed by atoms with Gasteiger partial charge in [0.25, 0.3) is 0 Å². The molecule has 0 spiro atoms. The number of aromatic nitrogens is 2. The molecule has 1 atom stereocenters. The highest BCUT2D eigenvalue weighted by molar-refractivity contribution is 5.32. The Kier molecular flexibility index (Phi) is 3.50. The van der Waals surface area contributed by atoms with Crippen LogP contribution in [0.1, 0.15) is 35.7 Å².